The molecule has 6 heteroatoms. The molecule has 3 heterocycles. The third kappa shape index (κ3) is 2.52. The molecule has 1 unspecified atom stereocenters. The zero-order valence-electron chi connectivity index (χ0n) is 14.5. The van der Waals surface area contributed by atoms with E-state index < -0.39 is 5.60 Å². The minimum atomic E-state index is -0.688. The van der Waals surface area contributed by atoms with Crippen LogP contribution in [0.15, 0.2) is 48.9 Å². The quantitative estimate of drug-likeness (QED) is 0.847. The van der Waals surface area contributed by atoms with Crippen molar-refractivity contribution in [2.75, 3.05) is 0 Å². The Morgan fingerprint density at radius 3 is 2.81 bits per heavy atom. The summed E-state index contributed by atoms with van der Waals surface area (Å²) in [5.74, 6) is 0.0928. The van der Waals surface area contributed by atoms with Crippen LogP contribution in [0.4, 0.5) is 0 Å². The molecule has 3 aliphatic rings. The predicted octanol–water partition coefficient (Wildman–Crippen LogP) is 2.61. The second-order valence-corrected chi connectivity index (χ2v) is 7.33. The summed E-state index contributed by atoms with van der Waals surface area (Å²) in [5.41, 5.74) is 1.31. The van der Waals surface area contributed by atoms with Crippen LogP contribution in [-0.4, -0.2) is 38.7 Å². The number of fused-ring (bicyclic) bond motifs is 1. The van der Waals surface area contributed by atoms with Crippen LogP contribution in [0.1, 0.15) is 43.0 Å². The summed E-state index contributed by atoms with van der Waals surface area (Å²) in [6.45, 7) is 0.575. The van der Waals surface area contributed by atoms with Gasteiger partial charge in [0, 0.05) is 25.2 Å². The molecule has 26 heavy (non-hydrogen) atoms. The molecule has 1 saturated carbocycles. The van der Waals surface area contributed by atoms with Crippen LogP contribution in [0.25, 0.3) is 0 Å². The van der Waals surface area contributed by atoms with Crippen LogP contribution < -0.4 is 0 Å². The highest BCUT2D eigenvalue weighted by Crippen LogP contribution is 2.51. The van der Waals surface area contributed by atoms with Crippen molar-refractivity contribution in [2.24, 2.45) is 0 Å². The Kier molecular flexibility index (Phi) is 3.76. The first-order valence-electron chi connectivity index (χ1n) is 9.17. The van der Waals surface area contributed by atoms with E-state index in [1.165, 1.54) is 0 Å². The van der Waals surface area contributed by atoms with E-state index in [1.807, 2.05) is 35.2 Å². The average Bonchev–Trinajstić information content (AvgIpc) is 3.19. The smallest absolute Gasteiger partial charge is 0.257 e. The number of aromatic nitrogens is 2. The van der Waals surface area contributed by atoms with Crippen molar-refractivity contribution in [3.05, 3.63) is 60.2 Å². The average molecular weight is 351 g/mol. The van der Waals surface area contributed by atoms with Gasteiger partial charge in [-0.15, -0.1) is 0 Å². The maximum Gasteiger partial charge on any atom is 0.257 e. The van der Waals surface area contributed by atoms with Crippen molar-refractivity contribution >= 4 is 5.91 Å². The highest BCUT2D eigenvalue weighted by atomic mass is 16.6. The normalized spacial score (nSPS) is 32.7. The molecule has 2 aliphatic heterocycles. The fourth-order valence-electron chi connectivity index (χ4n) is 4.34. The first-order valence-corrected chi connectivity index (χ1v) is 9.17. The molecular weight excluding hydrogens is 330 g/mol. The third-order valence-electron chi connectivity index (χ3n) is 5.69. The van der Waals surface area contributed by atoms with E-state index in [1.54, 1.807) is 18.6 Å². The van der Waals surface area contributed by atoms with Crippen LogP contribution in [0.2, 0.25) is 0 Å². The maximum atomic E-state index is 13.1. The van der Waals surface area contributed by atoms with E-state index in [2.05, 4.69) is 9.97 Å². The van der Waals surface area contributed by atoms with Gasteiger partial charge in [-0.1, -0.05) is 30.3 Å². The predicted molar refractivity (Wildman–Crippen MR) is 92.7 cm³/mol. The molecule has 2 saturated heterocycles. The summed E-state index contributed by atoms with van der Waals surface area (Å²) in [6, 6.07) is 10.1. The molecule has 1 amide bonds. The topological polar surface area (TPSA) is 64.6 Å². The lowest BCUT2D eigenvalue weighted by Gasteiger charge is -2.42. The molecule has 134 valence electrons. The Morgan fingerprint density at radius 2 is 2.04 bits per heavy atom. The lowest BCUT2D eigenvalue weighted by atomic mass is 9.76. The van der Waals surface area contributed by atoms with Gasteiger partial charge in [-0.25, -0.2) is 0 Å². The van der Waals surface area contributed by atoms with Gasteiger partial charge in [-0.2, -0.15) is 0 Å². The van der Waals surface area contributed by atoms with E-state index >= 15 is 0 Å². The molecule has 1 spiro atoms. The SMILES string of the molecule is O=C1N2C(CC[C@H]2c2cnccn2)OC12CC(OCc1ccccc1)C2. The largest absolute Gasteiger partial charge is 0.373 e. The highest BCUT2D eigenvalue weighted by Gasteiger charge is 2.63. The van der Waals surface area contributed by atoms with Crippen LogP contribution in [0.3, 0.4) is 0 Å². The lowest BCUT2D eigenvalue weighted by Crippen LogP contribution is -2.54. The Bertz CT molecular complexity index is 792. The number of nitrogens with zero attached hydrogens (tertiary/aromatic N) is 3. The second kappa shape index (κ2) is 6.14. The molecule has 0 N–H and O–H groups in total. The Morgan fingerprint density at radius 1 is 1.19 bits per heavy atom. The third-order valence-corrected chi connectivity index (χ3v) is 5.69. The Hall–Kier alpha value is -2.31. The summed E-state index contributed by atoms with van der Waals surface area (Å²) < 4.78 is 12.2. The number of amides is 1. The molecule has 0 radical (unpaired) electrons. The van der Waals surface area contributed by atoms with Gasteiger partial charge in [-0.05, 0) is 18.4 Å². The molecule has 5 rings (SSSR count). The molecule has 1 aromatic carbocycles. The first kappa shape index (κ1) is 15.9. The van der Waals surface area contributed by atoms with Gasteiger partial charge in [0.2, 0.25) is 0 Å². The lowest BCUT2D eigenvalue weighted by molar-refractivity contribution is -0.177. The van der Waals surface area contributed by atoms with Gasteiger partial charge in [0.1, 0.15) is 6.23 Å². The molecule has 3 fully saturated rings. The van der Waals surface area contributed by atoms with Crippen molar-refractivity contribution in [3.63, 3.8) is 0 Å². The monoisotopic (exact) mass is 351 g/mol. The highest BCUT2D eigenvalue weighted by molar-refractivity contribution is 5.89. The van der Waals surface area contributed by atoms with E-state index in [-0.39, 0.29) is 24.3 Å². The number of rotatable bonds is 4. The number of carbonyl (C=O) groups is 1. The molecule has 2 aromatic rings. The van der Waals surface area contributed by atoms with Gasteiger partial charge >= 0.3 is 0 Å². The molecule has 1 aromatic heterocycles. The number of carbonyl (C=O) groups excluding carboxylic acids is 1. The fraction of sp³-hybridized carbons (Fsp3) is 0.450. The molecule has 2 atom stereocenters. The molecule has 0 bridgehead atoms. The van der Waals surface area contributed by atoms with Crippen molar-refractivity contribution < 1.29 is 14.3 Å². The van der Waals surface area contributed by atoms with Crippen LogP contribution >= 0.6 is 0 Å². The second-order valence-electron chi connectivity index (χ2n) is 7.33. The van der Waals surface area contributed by atoms with Crippen LogP contribution in [0.5, 0.6) is 0 Å². The summed E-state index contributed by atoms with van der Waals surface area (Å²) in [5, 5.41) is 0. The summed E-state index contributed by atoms with van der Waals surface area (Å²) >= 11 is 0. The minimum absolute atomic E-state index is 0.0233. The van der Waals surface area contributed by atoms with E-state index in [9.17, 15) is 4.79 Å². The zero-order chi connectivity index (χ0) is 17.6. The minimum Gasteiger partial charge on any atom is -0.373 e. The number of hydrogen-bond donors (Lipinski definition) is 0. The Labute approximate surface area is 152 Å². The molecule has 1 aliphatic carbocycles. The van der Waals surface area contributed by atoms with Crippen molar-refractivity contribution in [1.82, 2.24) is 14.9 Å². The van der Waals surface area contributed by atoms with Gasteiger partial charge in [0.05, 0.1) is 30.6 Å². The number of benzene rings is 1. The number of hydrogen-bond acceptors (Lipinski definition) is 5. The van der Waals surface area contributed by atoms with Gasteiger partial charge in [-0.3, -0.25) is 14.8 Å². The van der Waals surface area contributed by atoms with Gasteiger partial charge in [0.15, 0.2) is 5.60 Å². The first-order chi connectivity index (χ1) is 12.8. The van der Waals surface area contributed by atoms with Crippen LogP contribution in [0, 0.1) is 0 Å². The van der Waals surface area contributed by atoms with Crippen molar-refractivity contribution in [1.29, 1.82) is 0 Å². The van der Waals surface area contributed by atoms with E-state index in [0.717, 1.165) is 24.1 Å². The van der Waals surface area contributed by atoms with Crippen molar-refractivity contribution in [3.8, 4) is 0 Å². The maximum absolute atomic E-state index is 13.1. The van der Waals surface area contributed by atoms with Crippen molar-refractivity contribution in [2.45, 2.75) is 56.3 Å². The standard InChI is InChI=1S/C20H21N3O3/c24-19-20(10-15(11-20)25-13-14-4-2-1-3-5-14)26-18-7-6-17(23(18)19)16-12-21-8-9-22-16/h1-5,8-9,12,15,17-18H,6-7,10-11,13H2/t15?,17-,18?,20?/m0/s1. The Balaban J connectivity index is 1.24. The number of ether oxygens (including phenoxy) is 2. The fourth-order valence-corrected chi connectivity index (χ4v) is 4.34. The van der Waals surface area contributed by atoms with E-state index in [0.29, 0.717) is 19.4 Å². The summed E-state index contributed by atoms with van der Waals surface area (Å²) in [6.07, 6.45) is 8.02. The summed E-state index contributed by atoms with van der Waals surface area (Å²) in [7, 11) is 0. The van der Waals surface area contributed by atoms with Gasteiger partial charge in [0.25, 0.3) is 5.91 Å². The molecular formula is C20H21N3O3. The zero-order valence-corrected chi connectivity index (χ0v) is 14.5. The van der Waals surface area contributed by atoms with E-state index in [4.69, 9.17) is 9.47 Å². The van der Waals surface area contributed by atoms with Crippen LogP contribution in [-0.2, 0) is 20.9 Å². The summed E-state index contributed by atoms with van der Waals surface area (Å²) in [4.78, 5) is 23.5. The molecule has 6 nitrogen and oxygen atoms in total. The van der Waals surface area contributed by atoms with Gasteiger partial charge < -0.3 is 14.4 Å².